The lowest BCUT2D eigenvalue weighted by Crippen LogP contribution is -2.29. The molecule has 2 amide bonds. The van der Waals surface area contributed by atoms with Crippen molar-refractivity contribution >= 4 is 40.2 Å². The highest BCUT2D eigenvalue weighted by molar-refractivity contribution is 6.02. The van der Waals surface area contributed by atoms with E-state index < -0.39 is 29.2 Å². The molecule has 5 N–H and O–H groups in total. The van der Waals surface area contributed by atoms with Crippen molar-refractivity contribution in [1.29, 1.82) is 0 Å². The minimum Gasteiger partial charge on any atom is -0.481 e. The molecule has 0 bridgehead atoms. The van der Waals surface area contributed by atoms with Crippen molar-refractivity contribution in [2.45, 2.75) is 25.4 Å². The van der Waals surface area contributed by atoms with Crippen molar-refractivity contribution in [2.24, 2.45) is 7.05 Å². The van der Waals surface area contributed by atoms with Gasteiger partial charge in [-0.15, -0.1) is 0 Å². The Morgan fingerprint density at radius 3 is 2.27 bits per heavy atom. The van der Waals surface area contributed by atoms with Gasteiger partial charge in [-0.2, -0.15) is 18.3 Å². The lowest BCUT2D eigenvalue weighted by molar-refractivity contribution is -0.142. The Kier molecular flexibility index (Phi) is 6.28. The number of nitrogens with zero attached hydrogens (tertiary/aromatic N) is 3. The number of urea groups is 1. The molecule has 0 aliphatic carbocycles. The van der Waals surface area contributed by atoms with E-state index in [9.17, 15) is 27.9 Å². The fourth-order valence-electron chi connectivity index (χ4n) is 3.73. The van der Waals surface area contributed by atoms with Gasteiger partial charge >= 0.3 is 18.2 Å². The zero-order valence-corrected chi connectivity index (χ0v) is 20.0. The number of carboxylic acid groups (broad SMARTS) is 1. The van der Waals surface area contributed by atoms with Crippen LogP contribution in [-0.2, 0) is 23.4 Å². The van der Waals surface area contributed by atoms with E-state index in [2.05, 4.69) is 20.7 Å². The Morgan fingerprint density at radius 2 is 1.65 bits per heavy atom. The molecule has 2 aromatic heterocycles. The number of hydrogen-bond donors (Lipinski definition) is 4. The molecule has 0 spiro atoms. The Hall–Kier alpha value is -4.61. The predicted octanol–water partition coefficient (Wildman–Crippen LogP) is 5.24. The molecule has 0 saturated carbocycles. The van der Waals surface area contributed by atoms with Crippen LogP contribution in [0.1, 0.15) is 25.1 Å². The van der Waals surface area contributed by atoms with Gasteiger partial charge in [-0.3, -0.25) is 4.79 Å². The van der Waals surface area contributed by atoms with Crippen molar-refractivity contribution < 1.29 is 27.9 Å². The number of carbonyl (C=O) groups excluding carboxylic acids is 1. The highest BCUT2D eigenvalue weighted by atomic mass is 19.4. The van der Waals surface area contributed by atoms with Crippen molar-refractivity contribution in [3.8, 4) is 11.1 Å². The molecule has 37 heavy (non-hydrogen) atoms. The predicted molar refractivity (Wildman–Crippen MR) is 133 cm³/mol. The zero-order valence-electron chi connectivity index (χ0n) is 20.0. The van der Waals surface area contributed by atoms with Crippen LogP contribution in [-0.4, -0.2) is 31.9 Å². The Labute approximate surface area is 209 Å². The van der Waals surface area contributed by atoms with E-state index in [1.165, 1.54) is 16.8 Å². The molecule has 12 heteroatoms. The standard InChI is InChI=1S/C25H23F3N6O3/c1-24(2,22(35)36)18-12-17(19-20(29)33-34(3)21(19)32-18)13-7-9-15(10-8-13)30-23(37)31-16-6-4-5-14(11-16)25(26,27)28/h4-12H,1-3H3,(H2,29,33)(H,35,36)(H2,30,31,37). The van der Waals surface area contributed by atoms with Gasteiger partial charge in [0.25, 0.3) is 0 Å². The minimum absolute atomic E-state index is 0.0104. The number of anilines is 3. The number of aliphatic carboxylic acids is 1. The first-order valence-electron chi connectivity index (χ1n) is 11.0. The molecule has 9 nitrogen and oxygen atoms in total. The number of benzene rings is 2. The van der Waals surface area contributed by atoms with Crippen LogP contribution in [0, 0.1) is 0 Å². The molecule has 0 unspecified atom stereocenters. The quantitative estimate of drug-likeness (QED) is 0.289. The molecule has 192 valence electrons. The normalized spacial score (nSPS) is 11.9. The van der Waals surface area contributed by atoms with Crippen molar-refractivity contribution in [3.05, 3.63) is 65.9 Å². The fraction of sp³-hybridized carbons (Fsp3) is 0.200. The van der Waals surface area contributed by atoms with E-state index in [-0.39, 0.29) is 11.5 Å². The van der Waals surface area contributed by atoms with Crippen LogP contribution in [0.2, 0.25) is 0 Å². The van der Waals surface area contributed by atoms with Gasteiger partial charge in [0.05, 0.1) is 16.6 Å². The van der Waals surface area contributed by atoms with Crippen LogP contribution < -0.4 is 16.4 Å². The summed E-state index contributed by atoms with van der Waals surface area (Å²) in [7, 11) is 1.66. The van der Waals surface area contributed by atoms with Crippen LogP contribution in [0.25, 0.3) is 22.2 Å². The van der Waals surface area contributed by atoms with Crippen LogP contribution in [0.15, 0.2) is 54.6 Å². The molecular weight excluding hydrogens is 489 g/mol. The summed E-state index contributed by atoms with van der Waals surface area (Å²) in [4.78, 5) is 28.7. The van der Waals surface area contributed by atoms with Crippen LogP contribution in [0.3, 0.4) is 0 Å². The lowest BCUT2D eigenvalue weighted by Gasteiger charge is -2.20. The van der Waals surface area contributed by atoms with Crippen LogP contribution in [0.4, 0.5) is 35.2 Å². The van der Waals surface area contributed by atoms with Gasteiger partial charge in [0.15, 0.2) is 11.5 Å². The minimum atomic E-state index is -4.53. The molecule has 4 rings (SSSR count). The zero-order chi connectivity index (χ0) is 27.1. The van der Waals surface area contributed by atoms with E-state index in [0.717, 1.165) is 12.1 Å². The van der Waals surface area contributed by atoms with Gasteiger partial charge in [-0.1, -0.05) is 18.2 Å². The number of aryl methyl sites for hydroxylation is 1. The molecule has 4 aromatic rings. The summed E-state index contributed by atoms with van der Waals surface area (Å²) >= 11 is 0. The maximum Gasteiger partial charge on any atom is 0.416 e. The molecule has 0 aliphatic rings. The summed E-state index contributed by atoms with van der Waals surface area (Å²) in [6, 6.07) is 11.8. The number of nitrogens with two attached hydrogens (primary N) is 1. The number of hydrogen-bond acceptors (Lipinski definition) is 5. The van der Waals surface area contributed by atoms with E-state index in [0.29, 0.717) is 33.5 Å². The highest BCUT2D eigenvalue weighted by Crippen LogP contribution is 2.36. The van der Waals surface area contributed by atoms with Gasteiger partial charge in [0, 0.05) is 18.4 Å². The summed E-state index contributed by atoms with van der Waals surface area (Å²) in [6.07, 6.45) is -4.53. The van der Waals surface area contributed by atoms with Gasteiger partial charge in [-0.05, 0) is 61.4 Å². The van der Waals surface area contributed by atoms with Gasteiger partial charge in [-0.25, -0.2) is 14.5 Å². The van der Waals surface area contributed by atoms with E-state index in [1.807, 2.05) is 0 Å². The van der Waals surface area contributed by atoms with E-state index in [4.69, 9.17) is 5.73 Å². The van der Waals surface area contributed by atoms with Crippen molar-refractivity contribution in [2.75, 3.05) is 16.4 Å². The van der Waals surface area contributed by atoms with Crippen molar-refractivity contribution in [1.82, 2.24) is 14.8 Å². The highest BCUT2D eigenvalue weighted by Gasteiger charge is 2.33. The Bertz CT molecular complexity index is 1510. The molecule has 0 fully saturated rings. The molecule has 0 aliphatic heterocycles. The van der Waals surface area contributed by atoms with Crippen LogP contribution >= 0.6 is 0 Å². The molecular formula is C25H23F3N6O3. The number of aromatic nitrogens is 3. The number of carboxylic acids is 1. The second kappa shape index (κ2) is 9.12. The fourth-order valence-corrected chi connectivity index (χ4v) is 3.73. The molecule has 0 atom stereocenters. The summed E-state index contributed by atoms with van der Waals surface area (Å²) in [5.41, 5.74) is 6.33. The third-order valence-electron chi connectivity index (χ3n) is 5.90. The maximum absolute atomic E-state index is 12.9. The number of pyridine rings is 1. The number of carbonyl (C=O) groups is 2. The van der Waals surface area contributed by atoms with Gasteiger partial charge in [0.1, 0.15) is 5.41 Å². The first kappa shape index (κ1) is 25.5. The lowest BCUT2D eigenvalue weighted by atomic mass is 9.87. The maximum atomic E-state index is 12.9. The number of halogens is 3. The number of rotatable bonds is 5. The van der Waals surface area contributed by atoms with E-state index >= 15 is 0 Å². The summed E-state index contributed by atoms with van der Waals surface area (Å²) < 4.78 is 40.2. The third kappa shape index (κ3) is 5.03. The molecule has 2 heterocycles. The van der Waals surface area contributed by atoms with Gasteiger partial charge in [0.2, 0.25) is 0 Å². The first-order chi connectivity index (χ1) is 17.3. The molecule has 0 radical (unpaired) electrons. The second-order valence-corrected chi connectivity index (χ2v) is 8.93. The third-order valence-corrected chi connectivity index (χ3v) is 5.90. The SMILES string of the molecule is Cn1nc(N)c2c(-c3ccc(NC(=O)Nc4cccc(C(F)(F)F)c4)cc3)cc(C(C)(C)C(=O)O)nc21. The van der Waals surface area contributed by atoms with Crippen molar-refractivity contribution in [3.63, 3.8) is 0 Å². The topological polar surface area (TPSA) is 135 Å². The van der Waals surface area contributed by atoms with Crippen LogP contribution in [0.5, 0.6) is 0 Å². The largest absolute Gasteiger partial charge is 0.481 e. The number of fused-ring (bicyclic) bond motifs is 1. The number of nitrogens with one attached hydrogen (secondary N) is 2. The molecule has 0 saturated heterocycles. The average Bonchev–Trinajstić information content (AvgIpc) is 3.12. The molecule has 2 aromatic carbocycles. The summed E-state index contributed by atoms with van der Waals surface area (Å²) in [6.45, 7) is 3.09. The Morgan fingerprint density at radius 1 is 1.00 bits per heavy atom. The first-order valence-corrected chi connectivity index (χ1v) is 11.0. The van der Waals surface area contributed by atoms with E-state index in [1.54, 1.807) is 51.2 Å². The average molecular weight is 512 g/mol. The number of alkyl halides is 3. The van der Waals surface area contributed by atoms with Gasteiger partial charge < -0.3 is 21.5 Å². The second-order valence-electron chi connectivity index (χ2n) is 8.93. The summed E-state index contributed by atoms with van der Waals surface area (Å²) in [5, 5.41) is 19.4. The smallest absolute Gasteiger partial charge is 0.416 e. The monoisotopic (exact) mass is 512 g/mol. The number of amides is 2. The Balaban J connectivity index is 1.62. The summed E-state index contributed by atoms with van der Waals surface area (Å²) in [5.74, 6) is -0.825. The number of nitrogen functional groups attached to an aromatic ring is 1.